The van der Waals surface area contributed by atoms with Crippen molar-refractivity contribution in [2.45, 2.75) is 13.5 Å². The molecule has 0 bridgehead atoms. The Kier molecular flexibility index (Phi) is 3.53. The van der Waals surface area contributed by atoms with Crippen molar-refractivity contribution < 1.29 is 19.1 Å². The van der Waals surface area contributed by atoms with Gasteiger partial charge >= 0.3 is 5.97 Å². The van der Waals surface area contributed by atoms with Crippen LogP contribution in [0.2, 0.25) is 0 Å². The van der Waals surface area contributed by atoms with E-state index < -0.39 is 5.97 Å². The van der Waals surface area contributed by atoms with Gasteiger partial charge in [0.1, 0.15) is 24.2 Å². The maximum Gasteiger partial charge on any atom is 0.372 e. The van der Waals surface area contributed by atoms with E-state index in [9.17, 15) is 4.79 Å². The maximum absolute atomic E-state index is 10.8. The summed E-state index contributed by atoms with van der Waals surface area (Å²) in [6, 6.07) is 10.4. The summed E-state index contributed by atoms with van der Waals surface area (Å²) in [6.45, 7) is 1.73. The normalized spacial score (nSPS) is 9.89. The van der Waals surface area contributed by atoms with E-state index >= 15 is 0 Å². The second kappa shape index (κ2) is 5.27. The summed E-state index contributed by atoms with van der Waals surface area (Å²) in [5.74, 6) is -0.355. The zero-order valence-electron chi connectivity index (χ0n) is 10.2. The molecule has 1 aromatic carbocycles. The minimum atomic E-state index is -1.11. The molecule has 1 heterocycles. The molecule has 2 aromatic rings. The van der Waals surface area contributed by atoms with E-state index in [-0.39, 0.29) is 12.4 Å². The highest BCUT2D eigenvalue weighted by atomic mass is 16.5. The van der Waals surface area contributed by atoms with Gasteiger partial charge in [-0.1, -0.05) is 12.1 Å². The number of benzene rings is 1. The molecule has 1 N–H and O–H groups in total. The summed E-state index contributed by atoms with van der Waals surface area (Å²) < 4.78 is 10.6. The average molecular weight is 257 g/mol. The molecule has 0 aliphatic rings. The van der Waals surface area contributed by atoms with Crippen molar-refractivity contribution in [2.75, 3.05) is 0 Å². The number of ether oxygens (including phenoxy) is 1. The third-order valence-corrected chi connectivity index (χ3v) is 2.54. The second-order valence-electron chi connectivity index (χ2n) is 3.93. The predicted molar refractivity (Wildman–Crippen MR) is 65.9 cm³/mol. The minimum Gasteiger partial charge on any atom is -0.484 e. The molecule has 2 rings (SSSR count). The first-order chi connectivity index (χ1) is 9.11. The Hall–Kier alpha value is -2.74. The summed E-state index contributed by atoms with van der Waals surface area (Å²) in [5.41, 5.74) is 0.962. The van der Waals surface area contributed by atoms with Crippen molar-refractivity contribution in [1.82, 2.24) is 0 Å². The van der Waals surface area contributed by atoms with Crippen LogP contribution in [0.3, 0.4) is 0 Å². The first-order valence-electron chi connectivity index (χ1n) is 5.56. The van der Waals surface area contributed by atoms with Crippen LogP contribution in [-0.2, 0) is 6.61 Å². The van der Waals surface area contributed by atoms with Gasteiger partial charge in [-0.3, -0.25) is 0 Å². The van der Waals surface area contributed by atoms with Gasteiger partial charge in [0, 0.05) is 5.56 Å². The van der Waals surface area contributed by atoms with Gasteiger partial charge in [0.15, 0.2) is 0 Å². The van der Waals surface area contributed by atoms with E-state index in [0.717, 1.165) is 0 Å². The lowest BCUT2D eigenvalue weighted by atomic mass is 10.2. The summed E-state index contributed by atoms with van der Waals surface area (Å²) in [6.07, 6.45) is 0. The van der Waals surface area contributed by atoms with Crippen molar-refractivity contribution in [3.05, 3.63) is 53.0 Å². The van der Waals surface area contributed by atoms with Crippen LogP contribution in [0, 0.1) is 18.3 Å². The Balaban J connectivity index is 2.13. The van der Waals surface area contributed by atoms with E-state index in [0.29, 0.717) is 22.6 Å². The Morgan fingerprint density at radius 1 is 1.47 bits per heavy atom. The van der Waals surface area contributed by atoms with Gasteiger partial charge in [-0.15, -0.1) is 0 Å². The number of carboxylic acids is 1. The van der Waals surface area contributed by atoms with Crippen LogP contribution in [0.25, 0.3) is 0 Å². The first-order valence-corrected chi connectivity index (χ1v) is 5.56. The average Bonchev–Trinajstić information content (AvgIpc) is 2.78. The Labute approximate surface area is 109 Å². The standard InChI is InChI=1S/C14H11NO4/c1-9-6-11(19-13(9)14(16)17)8-18-12-5-3-2-4-10(12)7-15/h2-6H,8H2,1H3,(H,16,17). The second-order valence-corrected chi connectivity index (χ2v) is 3.93. The van der Waals surface area contributed by atoms with E-state index in [2.05, 4.69) is 0 Å². The molecule has 0 amide bonds. The van der Waals surface area contributed by atoms with Gasteiger partial charge in [0.2, 0.25) is 5.76 Å². The van der Waals surface area contributed by atoms with Crippen LogP contribution in [0.15, 0.2) is 34.7 Å². The van der Waals surface area contributed by atoms with E-state index in [1.54, 1.807) is 37.3 Å². The molecule has 0 aliphatic heterocycles. The molecule has 0 atom stereocenters. The molecule has 5 heteroatoms. The monoisotopic (exact) mass is 257 g/mol. The lowest BCUT2D eigenvalue weighted by Crippen LogP contribution is -1.97. The van der Waals surface area contributed by atoms with Gasteiger partial charge in [-0.05, 0) is 25.1 Å². The molecule has 0 saturated heterocycles. The van der Waals surface area contributed by atoms with Gasteiger partial charge in [-0.25, -0.2) is 4.79 Å². The van der Waals surface area contributed by atoms with Gasteiger partial charge in [0.25, 0.3) is 0 Å². The number of nitriles is 1. The number of aromatic carboxylic acids is 1. The van der Waals surface area contributed by atoms with E-state index in [1.807, 2.05) is 6.07 Å². The van der Waals surface area contributed by atoms with Crippen LogP contribution >= 0.6 is 0 Å². The minimum absolute atomic E-state index is 0.0762. The summed E-state index contributed by atoms with van der Waals surface area (Å²) in [5, 5.41) is 17.8. The fourth-order valence-electron chi connectivity index (χ4n) is 1.67. The molecule has 0 spiro atoms. The summed E-state index contributed by atoms with van der Waals surface area (Å²) >= 11 is 0. The summed E-state index contributed by atoms with van der Waals surface area (Å²) in [7, 11) is 0. The number of carbonyl (C=O) groups is 1. The third kappa shape index (κ3) is 2.75. The fourth-order valence-corrected chi connectivity index (χ4v) is 1.67. The van der Waals surface area contributed by atoms with Crippen molar-refractivity contribution in [3.8, 4) is 11.8 Å². The lowest BCUT2D eigenvalue weighted by Gasteiger charge is -2.05. The van der Waals surface area contributed by atoms with Gasteiger partial charge in [0.05, 0.1) is 5.56 Å². The molecule has 0 fully saturated rings. The first kappa shape index (κ1) is 12.7. The molecular weight excluding hydrogens is 246 g/mol. The molecule has 0 saturated carbocycles. The number of furan rings is 1. The fraction of sp³-hybridized carbons (Fsp3) is 0.143. The van der Waals surface area contributed by atoms with Crippen LogP contribution in [-0.4, -0.2) is 11.1 Å². The zero-order valence-corrected chi connectivity index (χ0v) is 10.2. The molecular formula is C14H11NO4. The number of nitrogens with zero attached hydrogens (tertiary/aromatic N) is 1. The SMILES string of the molecule is Cc1cc(COc2ccccc2C#N)oc1C(=O)O. The molecule has 0 aliphatic carbocycles. The number of hydrogen-bond donors (Lipinski definition) is 1. The molecule has 5 nitrogen and oxygen atoms in total. The molecule has 19 heavy (non-hydrogen) atoms. The molecule has 96 valence electrons. The van der Waals surface area contributed by atoms with Crippen LogP contribution < -0.4 is 4.74 Å². The topological polar surface area (TPSA) is 83.5 Å². The number of aryl methyl sites for hydroxylation is 1. The highest BCUT2D eigenvalue weighted by molar-refractivity contribution is 5.86. The highest BCUT2D eigenvalue weighted by Crippen LogP contribution is 2.20. The number of para-hydroxylation sites is 1. The van der Waals surface area contributed by atoms with Gasteiger partial charge in [-0.2, -0.15) is 5.26 Å². The third-order valence-electron chi connectivity index (χ3n) is 2.54. The molecule has 1 aromatic heterocycles. The zero-order chi connectivity index (χ0) is 13.8. The number of hydrogen-bond acceptors (Lipinski definition) is 4. The number of rotatable bonds is 4. The van der Waals surface area contributed by atoms with Crippen molar-refractivity contribution in [3.63, 3.8) is 0 Å². The van der Waals surface area contributed by atoms with Crippen molar-refractivity contribution in [2.24, 2.45) is 0 Å². The van der Waals surface area contributed by atoms with Crippen molar-refractivity contribution >= 4 is 5.97 Å². The van der Waals surface area contributed by atoms with Crippen LogP contribution in [0.4, 0.5) is 0 Å². The summed E-state index contributed by atoms with van der Waals surface area (Å²) in [4.78, 5) is 10.8. The highest BCUT2D eigenvalue weighted by Gasteiger charge is 2.14. The van der Waals surface area contributed by atoms with Crippen LogP contribution in [0.5, 0.6) is 5.75 Å². The lowest BCUT2D eigenvalue weighted by molar-refractivity contribution is 0.0657. The van der Waals surface area contributed by atoms with E-state index in [4.69, 9.17) is 19.5 Å². The van der Waals surface area contributed by atoms with Crippen molar-refractivity contribution in [1.29, 1.82) is 5.26 Å². The number of carboxylic acid groups (broad SMARTS) is 1. The van der Waals surface area contributed by atoms with E-state index in [1.165, 1.54) is 0 Å². The smallest absolute Gasteiger partial charge is 0.372 e. The van der Waals surface area contributed by atoms with Crippen LogP contribution in [0.1, 0.15) is 27.4 Å². The Bertz CT molecular complexity index is 652. The largest absolute Gasteiger partial charge is 0.484 e. The Morgan fingerprint density at radius 3 is 2.84 bits per heavy atom. The van der Waals surface area contributed by atoms with Gasteiger partial charge < -0.3 is 14.3 Å². The predicted octanol–water partition coefficient (Wildman–Crippen LogP) is 2.74. The molecule has 0 unspecified atom stereocenters. The molecule has 0 radical (unpaired) electrons. The maximum atomic E-state index is 10.8. The Morgan fingerprint density at radius 2 is 2.21 bits per heavy atom. The quantitative estimate of drug-likeness (QED) is 0.910.